The van der Waals surface area contributed by atoms with Crippen molar-refractivity contribution in [1.29, 1.82) is 0 Å². The number of carbonyl (C=O) groups is 1. The van der Waals surface area contributed by atoms with Crippen molar-refractivity contribution < 1.29 is 27.5 Å². The Kier molecular flexibility index (Phi) is 6.73. The summed E-state index contributed by atoms with van der Waals surface area (Å²) in [6.07, 6.45) is 2.57. The third-order valence-electron chi connectivity index (χ3n) is 3.78. The summed E-state index contributed by atoms with van der Waals surface area (Å²) in [5.74, 6) is -2.76. The predicted octanol–water partition coefficient (Wildman–Crippen LogP) is 0.968. The molecule has 0 atom stereocenters. The van der Waals surface area contributed by atoms with Gasteiger partial charge in [-0.3, -0.25) is 9.59 Å². The molecular formula is C19H19F3N4O5. The molecule has 0 aliphatic heterocycles. The van der Waals surface area contributed by atoms with Crippen LogP contribution >= 0.6 is 0 Å². The molecular weight excluding hydrogens is 421 g/mol. The Bertz CT molecular complexity index is 1280. The van der Waals surface area contributed by atoms with Gasteiger partial charge < -0.3 is 24.5 Å². The van der Waals surface area contributed by atoms with E-state index in [0.29, 0.717) is 11.3 Å². The standard InChI is InChI=1S/C17H18N4O3.C2HF3O2/c1-17(2,3)14-11(18-9-19-14)7-13-16(23)20-12(15(22)21-13)6-10-4-5-24-8-10;3-2(4,5)1(6)7/h4-9H,1-3H3,(H,18,19)(H,20,23)(H,21,22);(H,6,7)/b12-6-,13-7-;. The second-order valence-electron chi connectivity index (χ2n) is 7.30. The van der Waals surface area contributed by atoms with E-state index in [4.69, 9.17) is 14.3 Å². The molecule has 0 aromatic carbocycles. The molecule has 0 fully saturated rings. The van der Waals surface area contributed by atoms with E-state index in [0.717, 1.165) is 5.69 Å². The average molecular weight is 440 g/mol. The van der Waals surface area contributed by atoms with Gasteiger partial charge in [-0.25, -0.2) is 9.78 Å². The van der Waals surface area contributed by atoms with Crippen LogP contribution in [-0.2, 0) is 10.2 Å². The first-order chi connectivity index (χ1) is 14.3. The maximum absolute atomic E-state index is 12.3. The number of aromatic nitrogens is 4. The number of aromatic amines is 3. The Balaban J connectivity index is 0.000000423. The van der Waals surface area contributed by atoms with Crippen LogP contribution in [0.5, 0.6) is 0 Å². The Hall–Kier alpha value is -3.83. The van der Waals surface area contributed by atoms with Crippen LogP contribution in [-0.4, -0.2) is 37.2 Å². The SMILES string of the molecule is CC(C)(C)c1[nH]cnc1/C=c1\[nH]c(=O)/c(=C/c2ccoc2)[nH]c1=O.O=C(O)C(F)(F)F. The number of aliphatic carboxylic acids is 1. The molecule has 9 nitrogen and oxygen atoms in total. The van der Waals surface area contributed by atoms with Gasteiger partial charge in [-0.2, -0.15) is 13.2 Å². The zero-order valence-corrected chi connectivity index (χ0v) is 16.6. The number of halogens is 3. The smallest absolute Gasteiger partial charge is 0.475 e. The molecule has 4 N–H and O–H groups in total. The summed E-state index contributed by atoms with van der Waals surface area (Å²) in [6, 6.07) is 1.69. The summed E-state index contributed by atoms with van der Waals surface area (Å²) >= 11 is 0. The maximum atomic E-state index is 12.3. The van der Waals surface area contributed by atoms with Crippen LogP contribution in [0.15, 0.2) is 38.9 Å². The number of nitrogens with zero attached hydrogens (tertiary/aromatic N) is 1. The number of nitrogens with one attached hydrogen (secondary N) is 3. The summed E-state index contributed by atoms with van der Waals surface area (Å²) in [4.78, 5) is 45.9. The number of carboxylic acids is 1. The monoisotopic (exact) mass is 440 g/mol. The Morgan fingerprint density at radius 1 is 1.10 bits per heavy atom. The molecule has 0 saturated carbocycles. The number of hydrogen-bond acceptors (Lipinski definition) is 5. The number of H-pyrrole nitrogens is 3. The summed E-state index contributed by atoms with van der Waals surface area (Å²) in [5, 5.41) is 7.44. The minimum atomic E-state index is -5.08. The van der Waals surface area contributed by atoms with Crippen molar-refractivity contribution in [3.8, 4) is 0 Å². The van der Waals surface area contributed by atoms with Gasteiger partial charge in [0, 0.05) is 16.7 Å². The van der Waals surface area contributed by atoms with Gasteiger partial charge in [0.2, 0.25) is 0 Å². The van der Waals surface area contributed by atoms with E-state index >= 15 is 0 Å². The number of carboxylic acid groups (broad SMARTS) is 1. The molecule has 0 amide bonds. The highest BCUT2D eigenvalue weighted by molar-refractivity contribution is 5.73. The lowest BCUT2D eigenvalue weighted by molar-refractivity contribution is -0.192. The van der Waals surface area contributed by atoms with Crippen LogP contribution < -0.4 is 21.8 Å². The van der Waals surface area contributed by atoms with Gasteiger partial charge in [0.15, 0.2) is 0 Å². The fourth-order valence-electron chi connectivity index (χ4n) is 2.37. The van der Waals surface area contributed by atoms with E-state index < -0.39 is 23.3 Å². The number of imidazole rings is 1. The van der Waals surface area contributed by atoms with E-state index in [-0.39, 0.29) is 16.1 Å². The predicted molar refractivity (Wildman–Crippen MR) is 104 cm³/mol. The molecule has 0 unspecified atom stereocenters. The van der Waals surface area contributed by atoms with Crippen LogP contribution in [0.2, 0.25) is 0 Å². The number of rotatable bonds is 2. The van der Waals surface area contributed by atoms with Crippen LogP contribution in [0.3, 0.4) is 0 Å². The minimum Gasteiger partial charge on any atom is -0.475 e. The van der Waals surface area contributed by atoms with E-state index in [1.54, 1.807) is 24.5 Å². The zero-order chi connectivity index (χ0) is 23.4. The van der Waals surface area contributed by atoms with Gasteiger partial charge in [-0.05, 0) is 18.2 Å². The highest BCUT2D eigenvalue weighted by atomic mass is 19.4. The molecule has 3 aromatic rings. The fraction of sp³-hybridized carbons (Fsp3) is 0.263. The molecule has 3 rings (SSSR count). The van der Waals surface area contributed by atoms with Crippen LogP contribution in [0.25, 0.3) is 12.2 Å². The number of furan rings is 1. The Labute approximate surface area is 172 Å². The molecule has 0 aliphatic carbocycles. The molecule has 31 heavy (non-hydrogen) atoms. The lowest BCUT2D eigenvalue weighted by Gasteiger charge is -2.16. The van der Waals surface area contributed by atoms with Gasteiger partial charge in [-0.1, -0.05) is 20.8 Å². The first-order valence-electron chi connectivity index (χ1n) is 8.71. The van der Waals surface area contributed by atoms with Gasteiger partial charge in [0.25, 0.3) is 11.1 Å². The van der Waals surface area contributed by atoms with Crippen LogP contribution in [0, 0.1) is 0 Å². The van der Waals surface area contributed by atoms with Crippen molar-refractivity contribution in [2.24, 2.45) is 0 Å². The molecule has 0 bridgehead atoms. The first kappa shape index (κ1) is 23.4. The molecule has 0 aliphatic rings. The van der Waals surface area contributed by atoms with E-state index in [9.17, 15) is 22.8 Å². The van der Waals surface area contributed by atoms with Gasteiger partial charge in [0.05, 0.1) is 24.5 Å². The lowest BCUT2D eigenvalue weighted by atomic mass is 9.90. The molecule has 166 valence electrons. The summed E-state index contributed by atoms with van der Waals surface area (Å²) in [5.41, 5.74) is 1.24. The maximum Gasteiger partial charge on any atom is 0.490 e. The zero-order valence-electron chi connectivity index (χ0n) is 16.6. The van der Waals surface area contributed by atoms with Crippen LogP contribution in [0.1, 0.15) is 37.7 Å². The quantitative estimate of drug-likeness (QED) is 0.467. The Morgan fingerprint density at radius 2 is 1.65 bits per heavy atom. The second-order valence-corrected chi connectivity index (χ2v) is 7.30. The highest BCUT2D eigenvalue weighted by Gasteiger charge is 2.38. The summed E-state index contributed by atoms with van der Waals surface area (Å²) in [6.45, 7) is 6.11. The second kappa shape index (κ2) is 8.90. The van der Waals surface area contributed by atoms with Crippen molar-refractivity contribution in [3.05, 3.63) is 73.3 Å². The number of alkyl halides is 3. The molecule has 0 saturated heterocycles. The highest BCUT2D eigenvalue weighted by Crippen LogP contribution is 2.22. The minimum absolute atomic E-state index is 0.155. The van der Waals surface area contributed by atoms with Gasteiger partial charge in [0.1, 0.15) is 10.7 Å². The molecule has 3 aromatic heterocycles. The fourth-order valence-corrected chi connectivity index (χ4v) is 2.37. The first-order valence-corrected chi connectivity index (χ1v) is 8.71. The summed E-state index contributed by atoms with van der Waals surface area (Å²) < 4.78 is 36.7. The van der Waals surface area contributed by atoms with Gasteiger partial charge in [-0.15, -0.1) is 0 Å². The van der Waals surface area contributed by atoms with Gasteiger partial charge >= 0.3 is 12.1 Å². The van der Waals surface area contributed by atoms with E-state index in [2.05, 4.69) is 19.9 Å². The molecule has 3 heterocycles. The third kappa shape index (κ3) is 6.32. The number of hydrogen-bond donors (Lipinski definition) is 4. The van der Waals surface area contributed by atoms with Crippen molar-refractivity contribution in [1.82, 2.24) is 19.9 Å². The summed E-state index contributed by atoms with van der Waals surface area (Å²) in [7, 11) is 0. The lowest BCUT2D eigenvalue weighted by Crippen LogP contribution is -2.46. The van der Waals surface area contributed by atoms with Crippen molar-refractivity contribution >= 4 is 18.1 Å². The molecule has 0 spiro atoms. The Morgan fingerprint density at radius 3 is 2.10 bits per heavy atom. The molecule has 12 heteroatoms. The third-order valence-corrected chi connectivity index (χ3v) is 3.78. The normalized spacial score (nSPS) is 13.1. The van der Waals surface area contributed by atoms with Crippen molar-refractivity contribution in [3.63, 3.8) is 0 Å². The molecule has 0 radical (unpaired) electrons. The topological polar surface area (TPSA) is 145 Å². The van der Waals surface area contributed by atoms with E-state index in [1.165, 1.54) is 12.5 Å². The largest absolute Gasteiger partial charge is 0.490 e. The average Bonchev–Trinajstić information content (AvgIpc) is 3.30. The van der Waals surface area contributed by atoms with E-state index in [1.807, 2.05) is 20.8 Å². The van der Waals surface area contributed by atoms with Crippen LogP contribution in [0.4, 0.5) is 13.2 Å². The van der Waals surface area contributed by atoms with Crippen molar-refractivity contribution in [2.45, 2.75) is 32.4 Å². The van der Waals surface area contributed by atoms with Crippen molar-refractivity contribution in [2.75, 3.05) is 0 Å².